The predicted octanol–water partition coefficient (Wildman–Crippen LogP) is 4.08. The molecule has 0 N–H and O–H groups in total. The van der Waals surface area contributed by atoms with Gasteiger partial charge in [-0.05, 0) is 53.4 Å². The fraction of sp³-hybridized carbons (Fsp3) is 0.611. The lowest BCUT2D eigenvalue weighted by molar-refractivity contribution is -0.126. The highest BCUT2D eigenvalue weighted by Crippen LogP contribution is 2.53. The topological polar surface area (TPSA) is 26.3 Å². The van der Waals surface area contributed by atoms with E-state index in [0.717, 1.165) is 18.6 Å². The van der Waals surface area contributed by atoms with E-state index in [9.17, 15) is 4.79 Å². The summed E-state index contributed by atoms with van der Waals surface area (Å²) in [6.45, 7) is 6.77. The first-order valence-electron chi connectivity index (χ1n) is 7.65. The molecule has 1 aromatic carbocycles. The van der Waals surface area contributed by atoms with Crippen molar-refractivity contribution in [2.45, 2.75) is 51.4 Å². The number of ketones is 1. The average Bonchev–Trinajstić information content (AvgIpc) is 2.42. The molecule has 1 aromatic rings. The van der Waals surface area contributed by atoms with Crippen LogP contribution in [0.25, 0.3) is 0 Å². The Labute approximate surface area is 121 Å². The number of benzene rings is 1. The number of fused-ring (bicyclic) bond motifs is 3. The maximum Gasteiger partial charge on any atom is 0.136 e. The van der Waals surface area contributed by atoms with E-state index in [1.807, 2.05) is 0 Å². The first-order valence-corrected chi connectivity index (χ1v) is 7.65. The molecule has 0 heterocycles. The van der Waals surface area contributed by atoms with Crippen LogP contribution >= 0.6 is 0 Å². The van der Waals surface area contributed by atoms with Crippen molar-refractivity contribution in [3.8, 4) is 5.75 Å². The van der Waals surface area contributed by atoms with E-state index in [1.54, 1.807) is 7.11 Å². The summed E-state index contributed by atoms with van der Waals surface area (Å²) in [5, 5.41) is 0. The normalized spacial score (nSPS) is 31.4. The third-order valence-corrected chi connectivity index (χ3v) is 5.44. The Kier molecular flexibility index (Phi) is 3.15. The maximum absolute atomic E-state index is 12.1. The first-order chi connectivity index (χ1) is 9.44. The summed E-state index contributed by atoms with van der Waals surface area (Å²) in [6.07, 6.45) is 3.00. The second-order valence-electron chi connectivity index (χ2n) is 7.12. The van der Waals surface area contributed by atoms with Gasteiger partial charge in [-0.3, -0.25) is 4.79 Å². The van der Waals surface area contributed by atoms with Crippen LogP contribution in [-0.2, 0) is 10.2 Å². The number of carbonyl (C=O) groups is 1. The van der Waals surface area contributed by atoms with Crippen LogP contribution in [0.1, 0.15) is 57.1 Å². The quantitative estimate of drug-likeness (QED) is 0.770. The number of hydrogen-bond acceptors (Lipinski definition) is 2. The zero-order valence-electron chi connectivity index (χ0n) is 12.9. The fourth-order valence-electron chi connectivity index (χ4n) is 4.42. The van der Waals surface area contributed by atoms with Crippen molar-refractivity contribution in [3.05, 3.63) is 29.3 Å². The molecule has 0 aromatic heterocycles. The molecule has 108 valence electrons. The lowest BCUT2D eigenvalue weighted by Gasteiger charge is -2.47. The molecule has 0 amide bonds. The van der Waals surface area contributed by atoms with E-state index in [0.29, 0.717) is 17.6 Å². The molecule has 0 spiro atoms. The van der Waals surface area contributed by atoms with Gasteiger partial charge in [0.05, 0.1) is 7.11 Å². The van der Waals surface area contributed by atoms with Gasteiger partial charge in [0.25, 0.3) is 0 Å². The van der Waals surface area contributed by atoms with E-state index in [2.05, 4.69) is 39.0 Å². The van der Waals surface area contributed by atoms with Crippen LogP contribution in [0.2, 0.25) is 0 Å². The Bertz CT molecular complexity index is 544. The van der Waals surface area contributed by atoms with Gasteiger partial charge in [-0.25, -0.2) is 0 Å². The second kappa shape index (κ2) is 4.61. The summed E-state index contributed by atoms with van der Waals surface area (Å²) in [5.74, 6) is 2.51. The highest BCUT2D eigenvalue weighted by molar-refractivity contribution is 5.83. The summed E-state index contributed by atoms with van der Waals surface area (Å²) in [6, 6.07) is 6.43. The van der Waals surface area contributed by atoms with E-state index in [1.165, 1.54) is 17.5 Å². The Morgan fingerprint density at radius 1 is 1.30 bits per heavy atom. The minimum Gasteiger partial charge on any atom is -0.497 e. The van der Waals surface area contributed by atoms with Gasteiger partial charge >= 0.3 is 0 Å². The molecule has 0 aliphatic heterocycles. The van der Waals surface area contributed by atoms with Crippen LogP contribution in [0.15, 0.2) is 18.2 Å². The van der Waals surface area contributed by atoms with Crippen molar-refractivity contribution in [2.75, 3.05) is 7.11 Å². The lowest BCUT2D eigenvalue weighted by atomic mass is 9.57. The van der Waals surface area contributed by atoms with Crippen molar-refractivity contribution in [3.63, 3.8) is 0 Å². The smallest absolute Gasteiger partial charge is 0.136 e. The third kappa shape index (κ3) is 1.97. The molecular weight excluding hydrogens is 248 g/mol. The predicted molar refractivity (Wildman–Crippen MR) is 80.3 cm³/mol. The molecule has 0 radical (unpaired) electrons. The zero-order valence-corrected chi connectivity index (χ0v) is 12.9. The molecule has 1 fully saturated rings. The standard InChI is InChI=1S/C18H24O2/c1-11-16(19)8-5-12-10-18(2,3)15-7-6-13(20-4)9-14(15)17(11)12/h6-7,9,11-12,17H,5,8,10H2,1-4H3. The number of Topliss-reactive ketones (excluding diaryl/α,β-unsaturated/α-hetero) is 1. The molecule has 3 rings (SSSR count). The summed E-state index contributed by atoms with van der Waals surface area (Å²) < 4.78 is 5.41. The van der Waals surface area contributed by atoms with E-state index < -0.39 is 0 Å². The molecule has 2 aliphatic rings. The summed E-state index contributed by atoms with van der Waals surface area (Å²) in [7, 11) is 1.71. The molecule has 0 bridgehead atoms. The summed E-state index contributed by atoms with van der Waals surface area (Å²) >= 11 is 0. The Morgan fingerprint density at radius 2 is 2.05 bits per heavy atom. The summed E-state index contributed by atoms with van der Waals surface area (Å²) in [4.78, 5) is 12.1. The third-order valence-electron chi connectivity index (χ3n) is 5.44. The second-order valence-corrected chi connectivity index (χ2v) is 7.12. The van der Waals surface area contributed by atoms with Crippen LogP contribution < -0.4 is 4.74 Å². The number of rotatable bonds is 1. The monoisotopic (exact) mass is 272 g/mol. The van der Waals surface area contributed by atoms with Crippen molar-refractivity contribution < 1.29 is 9.53 Å². The Balaban J connectivity index is 2.14. The van der Waals surface area contributed by atoms with Gasteiger partial charge in [0.2, 0.25) is 0 Å². The van der Waals surface area contributed by atoms with Gasteiger partial charge < -0.3 is 4.74 Å². The molecule has 0 saturated heterocycles. The molecule has 1 saturated carbocycles. The van der Waals surface area contributed by atoms with Crippen molar-refractivity contribution in [1.82, 2.24) is 0 Å². The van der Waals surface area contributed by atoms with Crippen LogP contribution in [0.5, 0.6) is 5.75 Å². The Hall–Kier alpha value is -1.31. The molecule has 2 aliphatic carbocycles. The highest BCUT2D eigenvalue weighted by atomic mass is 16.5. The van der Waals surface area contributed by atoms with Gasteiger partial charge in [0, 0.05) is 12.3 Å². The van der Waals surface area contributed by atoms with Gasteiger partial charge in [0.1, 0.15) is 11.5 Å². The molecule has 3 unspecified atom stereocenters. The minimum atomic E-state index is 0.149. The summed E-state index contributed by atoms with van der Waals surface area (Å²) in [5.41, 5.74) is 2.95. The van der Waals surface area contributed by atoms with E-state index >= 15 is 0 Å². The van der Waals surface area contributed by atoms with Gasteiger partial charge in [0.15, 0.2) is 0 Å². The molecular formula is C18H24O2. The van der Waals surface area contributed by atoms with Crippen molar-refractivity contribution >= 4 is 5.78 Å². The fourth-order valence-corrected chi connectivity index (χ4v) is 4.42. The Morgan fingerprint density at radius 3 is 2.75 bits per heavy atom. The SMILES string of the molecule is COc1ccc2c(c1)C1C(CCC(=O)C1C)CC2(C)C. The maximum atomic E-state index is 12.1. The molecule has 3 atom stereocenters. The van der Waals surface area contributed by atoms with Gasteiger partial charge in [-0.1, -0.05) is 26.8 Å². The van der Waals surface area contributed by atoms with E-state index in [4.69, 9.17) is 4.74 Å². The minimum absolute atomic E-state index is 0.149. The molecule has 2 nitrogen and oxygen atoms in total. The van der Waals surface area contributed by atoms with Crippen LogP contribution in [0.3, 0.4) is 0 Å². The number of ether oxygens (including phenoxy) is 1. The number of carbonyl (C=O) groups excluding carboxylic acids is 1. The zero-order chi connectivity index (χ0) is 14.5. The van der Waals surface area contributed by atoms with E-state index in [-0.39, 0.29) is 11.3 Å². The van der Waals surface area contributed by atoms with Crippen LogP contribution in [0, 0.1) is 11.8 Å². The molecule has 2 heteroatoms. The van der Waals surface area contributed by atoms with Crippen molar-refractivity contribution in [1.29, 1.82) is 0 Å². The lowest BCUT2D eigenvalue weighted by Crippen LogP contribution is -2.40. The first kappa shape index (κ1) is 13.7. The van der Waals surface area contributed by atoms with Crippen molar-refractivity contribution in [2.24, 2.45) is 11.8 Å². The number of hydrogen-bond donors (Lipinski definition) is 0. The highest BCUT2D eigenvalue weighted by Gasteiger charge is 2.45. The largest absolute Gasteiger partial charge is 0.497 e. The average molecular weight is 272 g/mol. The van der Waals surface area contributed by atoms with Gasteiger partial charge in [-0.15, -0.1) is 0 Å². The van der Waals surface area contributed by atoms with Crippen LogP contribution in [0.4, 0.5) is 0 Å². The van der Waals surface area contributed by atoms with Crippen LogP contribution in [-0.4, -0.2) is 12.9 Å². The van der Waals surface area contributed by atoms with Gasteiger partial charge in [-0.2, -0.15) is 0 Å². The molecule has 20 heavy (non-hydrogen) atoms. The number of methoxy groups -OCH3 is 1.